The van der Waals surface area contributed by atoms with E-state index < -0.39 is 34.5 Å². The zero-order valence-electron chi connectivity index (χ0n) is 22.8. The summed E-state index contributed by atoms with van der Waals surface area (Å²) in [6.45, 7) is 4.44. The molecular formula is C33H30F3NO4. The highest BCUT2D eigenvalue weighted by molar-refractivity contribution is 6.19. The van der Waals surface area contributed by atoms with E-state index in [2.05, 4.69) is 6.58 Å². The van der Waals surface area contributed by atoms with Crippen LogP contribution in [0.5, 0.6) is 5.75 Å². The maximum atomic E-state index is 14.0. The van der Waals surface area contributed by atoms with Crippen molar-refractivity contribution in [1.82, 2.24) is 4.90 Å². The predicted octanol–water partition coefficient (Wildman–Crippen LogP) is 6.22. The van der Waals surface area contributed by atoms with Crippen LogP contribution < -0.4 is 4.74 Å². The molecular weight excluding hydrogens is 531 g/mol. The monoisotopic (exact) mass is 561 g/mol. The Hall–Kier alpha value is -4.07. The summed E-state index contributed by atoms with van der Waals surface area (Å²) in [6, 6.07) is 20.3. The van der Waals surface area contributed by atoms with E-state index >= 15 is 0 Å². The van der Waals surface area contributed by atoms with E-state index in [-0.39, 0.29) is 30.5 Å². The number of methoxy groups -OCH3 is 2. The Bertz CT molecular complexity index is 1550. The number of hydrogen-bond acceptors (Lipinski definition) is 4. The lowest BCUT2D eigenvalue weighted by molar-refractivity contribution is -0.161. The summed E-state index contributed by atoms with van der Waals surface area (Å²) in [5.41, 5.74) is 0.903. The van der Waals surface area contributed by atoms with Gasteiger partial charge in [-0.05, 0) is 47.7 Å². The van der Waals surface area contributed by atoms with E-state index in [9.17, 15) is 22.8 Å². The average molecular weight is 562 g/mol. The Kier molecular flexibility index (Phi) is 6.28. The van der Waals surface area contributed by atoms with Gasteiger partial charge in [0.1, 0.15) is 5.75 Å². The average Bonchev–Trinajstić information content (AvgIpc) is 3.43. The third-order valence-electron chi connectivity index (χ3n) is 9.61. The summed E-state index contributed by atoms with van der Waals surface area (Å²) < 4.78 is 51.4. The number of halogens is 3. The molecule has 1 saturated heterocycles. The predicted molar refractivity (Wildman–Crippen MR) is 147 cm³/mol. The first-order chi connectivity index (χ1) is 19.6. The van der Waals surface area contributed by atoms with Gasteiger partial charge in [0.25, 0.3) is 5.91 Å². The van der Waals surface area contributed by atoms with Gasteiger partial charge in [-0.1, -0.05) is 61.2 Å². The van der Waals surface area contributed by atoms with Gasteiger partial charge in [-0.25, -0.2) is 0 Å². The topological polar surface area (TPSA) is 55.8 Å². The Balaban J connectivity index is 1.50. The molecule has 1 amide bonds. The molecule has 8 heteroatoms. The van der Waals surface area contributed by atoms with Crippen molar-refractivity contribution >= 4 is 17.4 Å². The summed E-state index contributed by atoms with van der Waals surface area (Å²) in [4.78, 5) is 29.6. The largest absolute Gasteiger partial charge is 0.496 e. The number of benzene rings is 3. The Morgan fingerprint density at radius 2 is 1.66 bits per heavy atom. The number of nitrogens with zero attached hydrogens (tertiary/aromatic N) is 1. The van der Waals surface area contributed by atoms with Crippen LogP contribution in [0.15, 0.2) is 79.4 Å². The summed E-state index contributed by atoms with van der Waals surface area (Å²) in [7, 11) is 2.88. The van der Waals surface area contributed by atoms with E-state index in [1.54, 1.807) is 29.2 Å². The first-order valence-corrected chi connectivity index (χ1v) is 13.6. The van der Waals surface area contributed by atoms with Crippen molar-refractivity contribution in [3.63, 3.8) is 0 Å². The van der Waals surface area contributed by atoms with Crippen LogP contribution in [0.4, 0.5) is 13.2 Å². The number of amides is 1. The Morgan fingerprint density at radius 1 is 0.976 bits per heavy atom. The van der Waals surface area contributed by atoms with Crippen molar-refractivity contribution in [3.05, 3.63) is 107 Å². The molecule has 1 saturated carbocycles. The molecule has 0 N–H and O–H groups in total. The SMILES string of the molecule is C=C(C(=O)N1CC2C3(c4ccc(C(F)(F)F)cc4)CCC(c4ccccc43)C2(C(=O)OC)C1)c1ccccc1OC. The summed E-state index contributed by atoms with van der Waals surface area (Å²) >= 11 is 0. The van der Waals surface area contributed by atoms with Crippen molar-refractivity contribution in [2.45, 2.75) is 30.4 Å². The summed E-state index contributed by atoms with van der Waals surface area (Å²) in [6.07, 6.45) is -3.19. The first kappa shape index (κ1) is 27.1. The molecule has 3 aromatic rings. The quantitative estimate of drug-likeness (QED) is 0.274. The minimum Gasteiger partial charge on any atom is -0.496 e. The van der Waals surface area contributed by atoms with Crippen LogP contribution in [0.2, 0.25) is 0 Å². The fourth-order valence-corrected chi connectivity index (χ4v) is 7.94. The normalized spacial score (nSPS) is 26.2. The number of carbonyl (C=O) groups is 2. The van der Waals surface area contributed by atoms with Crippen LogP contribution in [0.1, 0.15) is 46.6 Å². The fraction of sp³-hybridized carbons (Fsp3) is 0.333. The number of ether oxygens (including phenoxy) is 2. The van der Waals surface area contributed by atoms with Crippen molar-refractivity contribution in [2.75, 3.05) is 27.3 Å². The van der Waals surface area contributed by atoms with Crippen LogP contribution in [-0.4, -0.2) is 44.1 Å². The van der Waals surface area contributed by atoms with E-state index in [0.717, 1.165) is 23.3 Å². The number of likely N-dealkylation sites (tertiary alicyclic amines) is 1. The molecule has 3 aromatic carbocycles. The number of alkyl halides is 3. The lowest BCUT2D eigenvalue weighted by Gasteiger charge is -2.59. The zero-order valence-corrected chi connectivity index (χ0v) is 22.8. The second-order valence-corrected chi connectivity index (χ2v) is 11.2. The highest BCUT2D eigenvalue weighted by Crippen LogP contribution is 2.69. The number of para-hydroxylation sites is 1. The van der Waals surface area contributed by atoms with Crippen molar-refractivity contribution in [2.24, 2.45) is 11.3 Å². The van der Waals surface area contributed by atoms with Crippen molar-refractivity contribution in [3.8, 4) is 5.75 Å². The molecule has 0 aromatic heterocycles. The van der Waals surface area contributed by atoms with Gasteiger partial charge in [0.15, 0.2) is 0 Å². The van der Waals surface area contributed by atoms with E-state index in [1.165, 1.54) is 26.4 Å². The molecule has 41 heavy (non-hydrogen) atoms. The maximum Gasteiger partial charge on any atom is 0.416 e. The zero-order chi connectivity index (χ0) is 29.2. The van der Waals surface area contributed by atoms with Crippen LogP contribution in [0, 0.1) is 11.3 Å². The first-order valence-electron chi connectivity index (χ1n) is 13.6. The molecule has 5 nitrogen and oxygen atoms in total. The van der Waals surface area contributed by atoms with Gasteiger partial charge >= 0.3 is 12.1 Å². The molecule has 3 aliphatic carbocycles. The van der Waals surface area contributed by atoms with Crippen molar-refractivity contribution in [1.29, 1.82) is 0 Å². The van der Waals surface area contributed by atoms with Gasteiger partial charge in [0.2, 0.25) is 0 Å². The molecule has 2 bridgehead atoms. The van der Waals surface area contributed by atoms with Gasteiger partial charge in [-0.15, -0.1) is 0 Å². The van der Waals surface area contributed by atoms with Gasteiger partial charge in [0.05, 0.1) is 25.2 Å². The smallest absolute Gasteiger partial charge is 0.416 e. The van der Waals surface area contributed by atoms with Gasteiger partial charge < -0.3 is 14.4 Å². The number of esters is 1. The Labute approximate surface area is 236 Å². The number of fused-ring (bicyclic) bond motifs is 1. The molecule has 4 unspecified atom stereocenters. The number of carbonyl (C=O) groups excluding carboxylic acids is 2. The second kappa shape index (κ2) is 9.50. The van der Waals surface area contributed by atoms with Gasteiger partial charge in [-0.2, -0.15) is 13.2 Å². The lowest BCUT2D eigenvalue weighted by Crippen LogP contribution is -2.60. The molecule has 7 rings (SSSR count). The molecule has 1 heterocycles. The number of rotatable bonds is 5. The summed E-state index contributed by atoms with van der Waals surface area (Å²) in [5, 5.41) is 0. The molecule has 1 aliphatic heterocycles. The fourth-order valence-electron chi connectivity index (χ4n) is 7.94. The Morgan fingerprint density at radius 3 is 2.34 bits per heavy atom. The summed E-state index contributed by atoms with van der Waals surface area (Å²) in [5.74, 6) is -0.833. The highest BCUT2D eigenvalue weighted by Gasteiger charge is 2.71. The van der Waals surface area contributed by atoms with Crippen LogP contribution in [-0.2, 0) is 25.9 Å². The van der Waals surface area contributed by atoms with Crippen LogP contribution >= 0.6 is 0 Å². The van der Waals surface area contributed by atoms with E-state index in [0.29, 0.717) is 29.7 Å². The molecule has 4 atom stereocenters. The number of hydrogen-bond donors (Lipinski definition) is 0. The molecule has 212 valence electrons. The maximum absolute atomic E-state index is 14.0. The lowest BCUT2D eigenvalue weighted by atomic mass is 9.42. The second-order valence-electron chi connectivity index (χ2n) is 11.2. The molecule has 4 aliphatic rings. The molecule has 0 radical (unpaired) electrons. The minimum absolute atomic E-state index is 0.124. The molecule has 2 fully saturated rings. The molecule has 0 spiro atoms. The van der Waals surface area contributed by atoms with Gasteiger partial charge in [-0.3, -0.25) is 9.59 Å². The third-order valence-corrected chi connectivity index (χ3v) is 9.61. The third kappa shape index (κ3) is 3.76. The highest BCUT2D eigenvalue weighted by atomic mass is 19.4. The minimum atomic E-state index is -4.47. The van der Waals surface area contributed by atoms with Crippen LogP contribution in [0.25, 0.3) is 5.57 Å². The van der Waals surface area contributed by atoms with E-state index in [4.69, 9.17) is 9.47 Å². The standard InChI is InChI=1S/C33H30F3NO4/c1-20(23-8-5-7-11-27(23)40-2)29(38)37-18-28-31(21-12-14-22(15-13-21)33(34,35)36)17-16-26(24-9-4-6-10-25(24)31)32(28,19-37)30(39)41-3/h4-15,26,28H,1,16-19H2,2-3H3. The van der Waals surface area contributed by atoms with E-state index in [1.807, 2.05) is 24.3 Å². The van der Waals surface area contributed by atoms with Crippen LogP contribution in [0.3, 0.4) is 0 Å². The van der Waals surface area contributed by atoms with Gasteiger partial charge in [0, 0.05) is 41.5 Å². The van der Waals surface area contributed by atoms with Crippen molar-refractivity contribution < 1.29 is 32.2 Å².